The first-order valence-corrected chi connectivity index (χ1v) is 6.50. The third-order valence-electron chi connectivity index (χ3n) is 3.45. The normalized spacial score (nSPS) is 19.4. The van der Waals surface area contributed by atoms with Gasteiger partial charge in [-0.15, -0.1) is 0 Å². The van der Waals surface area contributed by atoms with E-state index < -0.39 is 0 Å². The molecule has 2 rings (SSSR count). The summed E-state index contributed by atoms with van der Waals surface area (Å²) in [5.74, 6) is 0. The quantitative estimate of drug-likeness (QED) is 0.925. The molecule has 1 N–H and O–H groups in total. The number of aliphatic hydroxyl groups excluding tert-OH is 1. The molecule has 0 aliphatic carbocycles. The third-order valence-corrected chi connectivity index (χ3v) is 3.89. The number of ether oxygens (including phenoxy) is 1. The number of piperidine rings is 1. The second-order valence-corrected chi connectivity index (χ2v) is 5.31. The molecule has 0 spiro atoms. The fraction of sp³-hybridized carbons (Fsp3) is 0.583. The van der Waals surface area contributed by atoms with Crippen LogP contribution in [0.5, 0.6) is 0 Å². The summed E-state index contributed by atoms with van der Waals surface area (Å²) in [5, 5.41) is 9.38. The van der Waals surface area contributed by atoms with E-state index in [1.165, 1.54) is 0 Å². The highest BCUT2D eigenvalue weighted by atomic mass is 79.9. The topological polar surface area (TPSA) is 45.6 Å². The van der Waals surface area contributed by atoms with E-state index in [1.54, 1.807) is 13.3 Å². The highest BCUT2D eigenvalue weighted by Gasteiger charge is 2.34. The standard InChI is InChI=1S/C12H17BrN2O2/c1-17-12(9-16)2-4-15(5-3-12)11-6-10(13)7-14-8-11/h6-8,16H,2-5,9H2,1H3. The number of methoxy groups -OCH3 is 1. The highest BCUT2D eigenvalue weighted by Crippen LogP contribution is 2.29. The predicted octanol–water partition coefficient (Wildman–Crippen LogP) is 1.82. The van der Waals surface area contributed by atoms with E-state index >= 15 is 0 Å². The first kappa shape index (κ1) is 12.8. The molecule has 94 valence electrons. The molecule has 0 unspecified atom stereocenters. The first-order valence-electron chi connectivity index (χ1n) is 5.71. The van der Waals surface area contributed by atoms with E-state index in [1.807, 2.05) is 6.20 Å². The van der Waals surface area contributed by atoms with Gasteiger partial charge >= 0.3 is 0 Å². The minimum atomic E-state index is -0.351. The van der Waals surface area contributed by atoms with Gasteiger partial charge in [0.15, 0.2) is 0 Å². The number of anilines is 1. The molecular formula is C12H17BrN2O2. The molecule has 1 aliphatic heterocycles. The van der Waals surface area contributed by atoms with Crippen molar-refractivity contribution in [3.8, 4) is 0 Å². The number of hydrogen-bond acceptors (Lipinski definition) is 4. The van der Waals surface area contributed by atoms with Gasteiger partial charge in [-0.2, -0.15) is 0 Å². The van der Waals surface area contributed by atoms with Crippen LogP contribution in [0.1, 0.15) is 12.8 Å². The van der Waals surface area contributed by atoms with Gasteiger partial charge in [-0.25, -0.2) is 0 Å². The largest absolute Gasteiger partial charge is 0.393 e. The van der Waals surface area contributed by atoms with Crippen LogP contribution in [-0.4, -0.2) is 42.5 Å². The van der Waals surface area contributed by atoms with Crippen molar-refractivity contribution < 1.29 is 9.84 Å². The maximum absolute atomic E-state index is 9.38. The summed E-state index contributed by atoms with van der Waals surface area (Å²) in [7, 11) is 1.67. The van der Waals surface area contributed by atoms with Crippen LogP contribution in [0.3, 0.4) is 0 Å². The Bertz CT molecular complexity index is 373. The Hall–Kier alpha value is -0.650. The number of halogens is 1. The highest BCUT2D eigenvalue weighted by molar-refractivity contribution is 9.10. The molecule has 0 atom stereocenters. The van der Waals surface area contributed by atoms with Gasteiger partial charge in [-0.05, 0) is 34.8 Å². The molecule has 5 heteroatoms. The lowest BCUT2D eigenvalue weighted by atomic mass is 9.92. The maximum Gasteiger partial charge on any atom is 0.0941 e. The van der Waals surface area contributed by atoms with E-state index in [0.29, 0.717) is 0 Å². The average Bonchev–Trinajstić information content (AvgIpc) is 2.39. The summed E-state index contributed by atoms with van der Waals surface area (Å²) in [6.07, 6.45) is 5.32. The zero-order valence-corrected chi connectivity index (χ0v) is 11.5. The van der Waals surface area contributed by atoms with Crippen LogP contribution >= 0.6 is 15.9 Å². The van der Waals surface area contributed by atoms with Gasteiger partial charge in [0.25, 0.3) is 0 Å². The smallest absolute Gasteiger partial charge is 0.0941 e. The minimum Gasteiger partial charge on any atom is -0.393 e. The van der Waals surface area contributed by atoms with Crippen molar-refractivity contribution in [3.63, 3.8) is 0 Å². The molecule has 1 aromatic rings. The Balaban J connectivity index is 2.04. The van der Waals surface area contributed by atoms with Crippen LogP contribution in [0.4, 0.5) is 5.69 Å². The second-order valence-electron chi connectivity index (χ2n) is 4.39. The zero-order chi connectivity index (χ0) is 12.3. The first-order chi connectivity index (χ1) is 8.19. The van der Waals surface area contributed by atoms with Gasteiger partial charge in [0, 0.05) is 30.9 Å². The van der Waals surface area contributed by atoms with Gasteiger partial charge in [0.05, 0.1) is 24.1 Å². The molecule has 1 aliphatic rings. The molecule has 0 amide bonds. The van der Waals surface area contributed by atoms with Crippen molar-refractivity contribution >= 4 is 21.6 Å². The lowest BCUT2D eigenvalue weighted by molar-refractivity contribution is -0.0672. The van der Waals surface area contributed by atoms with E-state index in [0.717, 1.165) is 36.1 Å². The average molecular weight is 301 g/mol. The summed E-state index contributed by atoms with van der Waals surface area (Å²) >= 11 is 3.42. The van der Waals surface area contributed by atoms with Gasteiger partial charge in [-0.1, -0.05) is 0 Å². The summed E-state index contributed by atoms with van der Waals surface area (Å²) in [6, 6.07) is 2.06. The maximum atomic E-state index is 9.38. The molecule has 2 heterocycles. The van der Waals surface area contributed by atoms with Crippen LogP contribution in [0.25, 0.3) is 0 Å². The van der Waals surface area contributed by atoms with Gasteiger partial charge < -0.3 is 14.7 Å². The van der Waals surface area contributed by atoms with Crippen LogP contribution in [0.15, 0.2) is 22.9 Å². The fourth-order valence-electron chi connectivity index (χ4n) is 2.17. The molecule has 4 nitrogen and oxygen atoms in total. The summed E-state index contributed by atoms with van der Waals surface area (Å²) in [4.78, 5) is 6.44. The van der Waals surface area contributed by atoms with Gasteiger partial charge in [-0.3, -0.25) is 4.98 Å². The van der Waals surface area contributed by atoms with Crippen molar-refractivity contribution in [1.82, 2.24) is 4.98 Å². The Morgan fingerprint density at radius 1 is 1.47 bits per heavy atom. The van der Waals surface area contributed by atoms with Crippen molar-refractivity contribution in [3.05, 3.63) is 22.9 Å². The van der Waals surface area contributed by atoms with E-state index in [-0.39, 0.29) is 12.2 Å². The van der Waals surface area contributed by atoms with Crippen LogP contribution in [0, 0.1) is 0 Å². The summed E-state index contributed by atoms with van der Waals surface area (Å²) in [5.41, 5.74) is 0.762. The number of hydrogen-bond donors (Lipinski definition) is 1. The monoisotopic (exact) mass is 300 g/mol. The third kappa shape index (κ3) is 2.78. The van der Waals surface area contributed by atoms with Crippen molar-refractivity contribution in [1.29, 1.82) is 0 Å². The Morgan fingerprint density at radius 3 is 2.71 bits per heavy atom. The number of rotatable bonds is 3. The molecule has 17 heavy (non-hydrogen) atoms. The van der Waals surface area contributed by atoms with E-state index in [9.17, 15) is 5.11 Å². The Morgan fingerprint density at radius 2 is 2.18 bits per heavy atom. The number of nitrogens with zero attached hydrogens (tertiary/aromatic N) is 2. The molecule has 0 saturated carbocycles. The molecule has 0 radical (unpaired) electrons. The summed E-state index contributed by atoms with van der Waals surface area (Å²) < 4.78 is 6.42. The summed E-state index contributed by atoms with van der Waals surface area (Å²) in [6.45, 7) is 1.85. The minimum absolute atomic E-state index is 0.0913. The molecular weight excluding hydrogens is 284 g/mol. The number of pyridine rings is 1. The lowest BCUT2D eigenvalue weighted by Crippen LogP contribution is -2.48. The van der Waals surface area contributed by atoms with Crippen LogP contribution < -0.4 is 4.90 Å². The van der Waals surface area contributed by atoms with E-state index in [4.69, 9.17) is 4.74 Å². The van der Waals surface area contributed by atoms with Crippen molar-refractivity contribution in [2.45, 2.75) is 18.4 Å². The van der Waals surface area contributed by atoms with E-state index in [2.05, 4.69) is 31.9 Å². The second kappa shape index (κ2) is 5.33. The zero-order valence-electron chi connectivity index (χ0n) is 9.90. The number of aliphatic hydroxyl groups is 1. The SMILES string of the molecule is COC1(CO)CCN(c2cncc(Br)c2)CC1. The van der Waals surface area contributed by atoms with Crippen LogP contribution in [0.2, 0.25) is 0 Å². The lowest BCUT2D eigenvalue weighted by Gasteiger charge is -2.40. The Kier molecular flexibility index (Phi) is 4.01. The molecule has 0 bridgehead atoms. The predicted molar refractivity (Wildman–Crippen MR) is 70.2 cm³/mol. The fourth-order valence-corrected chi connectivity index (χ4v) is 2.53. The van der Waals surface area contributed by atoms with Gasteiger partial charge in [0.2, 0.25) is 0 Å². The molecule has 1 saturated heterocycles. The Labute approximate surface area is 110 Å². The molecule has 1 aromatic heterocycles. The molecule has 0 aromatic carbocycles. The van der Waals surface area contributed by atoms with Crippen LogP contribution in [-0.2, 0) is 4.74 Å². The molecule has 1 fully saturated rings. The van der Waals surface area contributed by atoms with Crippen molar-refractivity contribution in [2.24, 2.45) is 0 Å². The van der Waals surface area contributed by atoms with Crippen molar-refractivity contribution in [2.75, 3.05) is 31.7 Å². The number of aromatic nitrogens is 1. The van der Waals surface area contributed by atoms with Gasteiger partial charge in [0.1, 0.15) is 0 Å².